The Kier molecular flexibility index (Phi) is 4.73. The lowest BCUT2D eigenvalue weighted by molar-refractivity contribution is 0.894. The van der Waals surface area contributed by atoms with Crippen LogP contribution in [0.2, 0.25) is 5.15 Å². The Morgan fingerprint density at radius 2 is 1.88 bits per heavy atom. The quantitative estimate of drug-likeness (QED) is 0.454. The summed E-state index contributed by atoms with van der Waals surface area (Å²) in [5, 5.41) is 2.03. The summed E-state index contributed by atoms with van der Waals surface area (Å²) in [6, 6.07) is 9.84. The van der Waals surface area contributed by atoms with Crippen LogP contribution in [0.15, 0.2) is 49.9 Å². The largest absolute Gasteiger partial charge is 0.216 e. The van der Waals surface area contributed by atoms with Gasteiger partial charge in [0.25, 0.3) is 0 Å². The summed E-state index contributed by atoms with van der Waals surface area (Å²) in [7, 11) is 0. The topological polar surface area (TPSA) is 25.8 Å². The number of thioether (sulfide) groups is 1. The zero-order valence-electron chi connectivity index (χ0n) is 8.85. The molecule has 0 saturated carbocycles. The summed E-state index contributed by atoms with van der Waals surface area (Å²) in [5.74, 6) is 0. The summed E-state index contributed by atoms with van der Waals surface area (Å²) in [6.45, 7) is 0. The van der Waals surface area contributed by atoms with Gasteiger partial charge in [-0.1, -0.05) is 51.1 Å². The summed E-state index contributed by atoms with van der Waals surface area (Å²) >= 11 is 12.4. The predicted molar refractivity (Wildman–Crippen MR) is 77.1 cm³/mol. The molecule has 1 aromatic carbocycles. The third-order valence-corrected chi connectivity index (χ3v) is 4.07. The number of aromatic nitrogens is 2. The summed E-state index contributed by atoms with van der Waals surface area (Å²) < 4.78 is 1.06. The highest BCUT2D eigenvalue weighted by atomic mass is 79.9. The van der Waals surface area contributed by atoms with E-state index in [0.29, 0.717) is 10.3 Å². The van der Waals surface area contributed by atoms with Crippen LogP contribution in [0.3, 0.4) is 0 Å². The molecule has 0 radical (unpaired) electrons. The van der Waals surface area contributed by atoms with Crippen LogP contribution in [-0.4, -0.2) is 16.2 Å². The minimum absolute atomic E-state index is 0.476. The van der Waals surface area contributed by atoms with Crippen molar-refractivity contribution in [1.82, 2.24) is 9.97 Å². The van der Waals surface area contributed by atoms with E-state index in [1.165, 1.54) is 11.8 Å². The van der Waals surface area contributed by atoms with Gasteiger partial charge in [-0.25, -0.2) is 9.97 Å². The maximum atomic E-state index is 5.93. The lowest BCUT2D eigenvalue weighted by Crippen LogP contribution is -1.88. The van der Waals surface area contributed by atoms with Crippen LogP contribution in [0, 0.1) is 0 Å². The molecule has 0 amide bonds. The third-order valence-electron chi connectivity index (χ3n) is 1.87. The number of nitrogens with zero attached hydrogens (tertiary/aromatic N) is 2. The van der Waals surface area contributed by atoms with Crippen LogP contribution < -0.4 is 0 Å². The van der Waals surface area contributed by atoms with Gasteiger partial charge in [-0.2, -0.15) is 0 Å². The highest BCUT2D eigenvalue weighted by molar-refractivity contribution is 9.10. The van der Waals surface area contributed by atoms with Crippen LogP contribution in [-0.2, 0) is 0 Å². The smallest absolute Gasteiger partial charge is 0.189 e. The Morgan fingerprint density at radius 3 is 2.53 bits per heavy atom. The average Bonchev–Trinajstić information content (AvgIpc) is 2.31. The molecule has 2 rings (SSSR count). The van der Waals surface area contributed by atoms with Gasteiger partial charge in [0, 0.05) is 15.4 Å². The molecular formula is C11H8BrClN2S2. The number of hydrogen-bond donors (Lipinski definition) is 0. The first-order chi connectivity index (χ1) is 8.17. The molecule has 0 atom stereocenters. The molecule has 2 aromatic rings. The van der Waals surface area contributed by atoms with E-state index in [-0.39, 0.29) is 0 Å². The molecule has 0 unspecified atom stereocenters. The van der Waals surface area contributed by atoms with Gasteiger partial charge in [-0.3, -0.25) is 0 Å². The van der Waals surface area contributed by atoms with Gasteiger partial charge in [0.05, 0.1) is 0 Å². The summed E-state index contributed by atoms with van der Waals surface area (Å²) in [6.07, 6.45) is 1.93. The molecule has 0 spiro atoms. The maximum Gasteiger partial charge on any atom is 0.189 e. The zero-order valence-corrected chi connectivity index (χ0v) is 12.8. The van der Waals surface area contributed by atoms with Gasteiger partial charge in [0.2, 0.25) is 0 Å². The van der Waals surface area contributed by atoms with Gasteiger partial charge < -0.3 is 0 Å². The van der Waals surface area contributed by atoms with E-state index in [0.717, 1.165) is 14.4 Å². The molecule has 1 aromatic heterocycles. The van der Waals surface area contributed by atoms with Crippen molar-refractivity contribution in [3.05, 3.63) is 40.0 Å². The van der Waals surface area contributed by atoms with Crippen molar-refractivity contribution >= 4 is 51.1 Å². The zero-order chi connectivity index (χ0) is 12.3. The lowest BCUT2D eigenvalue weighted by atomic mass is 10.4. The second-order valence-electron chi connectivity index (χ2n) is 3.07. The fourth-order valence-electron chi connectivity index (χ4n) is 1.14. The lowest BCUT2D eigenvalue weighted by Gasteiger charge is -2.03. The molecule has 1 heterocycles. The highest BCUT2D eigenvalue weighted by Crippen LogP contribution is 2.29. The molecule has 0 bridgehead atoms. The van der Waals surface area contributed by atoms with Crippen LogP contribution in [0.5, 0.6) is 0 Å². The molecule has 17 heavy (non-hydrogen) atoms. The highest BCUT2D eigenvalue weighted by Gasteiger charge is 2.04. The number of rotatable bonds is 3. The number of benzene rings is 1. The fraction of sp³-hybridized carbons (Fsp3) is 0.0909. The van der Waals surface area contributed by atoms with Crippen molar-refractivity contribution in [1.29, 1.82) is 0 Å². The normalized spacial score (nSPS) is 10.5. The Bertz CT molecular complexity index is 519. The van der Waals surface area contributed by atoms with E-state index in [1.54, 1.807) is 17.8 Å². The summed E-state index contributed by atoms with van der Waals surface area (Å²) in [4.78, 5) is 9.61. The number of halogens is 2. The van der Waals surface area contributed by atoms with E-state index in [2.05, 4.69) is 25.9 Å². The monoisotopic (exact) mass is 346 g/mol. The van der Waals surface area contributed by atoms with Gasteiger partial charge in [-0.15, -0.1) is 0 Å². The second-order valence-corrected chi connectivity index (χ2v) is 6.24. The molecule has 6 heteroatoms. The van der Waals surface area contributed by atoms with Gasteiger partial charge >= 0.3 is 0 Å². The Labute approximate surface area is 122 Å². The van der Waals surface area contributed by atoms with Crippen LogP contribution in [0.4, 0.5) is 0 Å². The third kappa shape index (κ3) is 3.88. The van der Waals surface area contributed by atoms with Crippen molar-refractivity contribution in [2.75, 3.05) is 6.26 Å². The van der Waals surface area contributed by atoms with E-state index in [9.17, 15) is 0 Å². The fourth-order valence-corrected chi connectivity index (χ4v) is 2.96. The first-order valence-corrected chi connectivity index (χ1v) is 7.90. The molecule has 88 valence electrons. The molecular weight excluding hydrogens is 340 g/mol. The van der Waals surface area contributed by atoms with E-state index in [1.807, 2.05) is 30.5 Å². The maximum absolute atomic E-state index is 5.93. The minimum atomic E-state index is 0.476. The molecule has 0 fully saturated rings. The molecule has 2 nitrogen and oxygen atoms in total. The molecule has 0 N–H and O–H groups in total. The van der Waals surface area contributed by atoms with Crippen molar-refractivity contribution in [3.63, 3.8) is 0 Å². The Balaban J connectivity index is 2.23. The van der Waals surface area contributed by atoms with Crippen LogP contribution in [0.25, 0.3) is 0 Å². The second kappa shape index (κ2) is 6.09. The van der Waals surface area contributed by atoms with Gasteiger partial charge in [0.1, 0.15) is 10.2 Å². The SMILES string of the molecule is CSc1nc(Cl)cc(Sc2ccc(Br)cc2)n1. The summed E-state index contributed by atoms with van der Waals surface area (Å²) in [5.41, 5.74) is 0. The van der Waals surface area contributed by atoms with E-state index in [4.69, 9.17) is 11.6 Å². The van der Waals surface area contributed by atoms with Crippen LogP contribution in [0.1, 0.15) is 0 Å². The number of hydrogen-bond acceptors (Lipinski definition) is 4. The van der Waals surface area contributed by atoms with Gasteiger partial charge in [-0.05, 0) is 30.5 Å². The standard InChI is InChI=1S/C11H8BrClN2S2/c1-16-11-14-9(13)6-10(15-11)17-8-4-2-7(12)3-5-8/h2-6H,1H3. The van der Waals surface area contributed by atoms with Crippen molar-refractivity contribution in [3.8, 4) is 0 Å². The average molecular weight is 348 g/mol. The van der Waals surface area contributed by atoms with Crippen LogP contribution >= 0.6 is 51.1 Å². The first kappa shape index (κ1) is 13.2. The molecule has 0 aliphatic heterocycles. The minimum Gasteiger partial charge on any atom is -0.216 e. The van der Waals surface area contributed by atoms with Crippen molar-refractivity contribution in [2.24, 2.45) is 0 Å². The van der Waals surface area contributed by atoms with Crippen molar-refractivity contribution in [2.45, 2.75) is 15.1 Å². The first-order valence-electron chi connectivity index (χ1n) is 4.69. The van der Waals surface area contributed by atoms with E-state index >= 15 is 0 Å². The predicted octanol–water partition coefficient (Wildman–Crippen LogP) is 4.77. The molecule has 0 aliphatic rings. The Morgan fingerprint density at radius 1 is 1.18 bits per heavy atom. The van der Waals surface area contributed by atoms with Gasteiger partial charge in [0.15, 0.2) is 5.16 Å². The van der Waals surface area contributed by atoms with E-state index < -0.39 is 0 Å². The van der Waals surface area contributed by atoms with Crippen molar-refractivity contribution < 1.29 is 0 Å². The Hall–Kier alpha value is -0.230. The molecule has 0 aliphatic carbocycles. The molecule has 0 saturated heterocycles.